The number of hydrogen-bond acceptors (Lipinski definition) is 3. The molecule has 0 fully saturated rings. The molecule has 1 aromatic rings. The molecule has 0 bridgehead atoms. The molecule has 0 saturated carbocycles. The van der Waals surface area contributed by atoms with Gasteiger partial charge in [0.2, 0.25) is 5.88 Å². The van der Waals surface area contributed by atoms with Gasteiger partial charge < -0.3 is 4.74 Å². The Morgan fingerprint density at radius 2 is 2.20 bits per heavy atom. The molecular weight excluding hydrogens is 209 g/mol. The molecule has 1 rings (SSSR count). The minimum Gasteiger partial charge on any atom is -0.481 e. The second kappa shape index (κ2) is 4.17. The predicted molar refractivity (Wildman–Crippen MR) is 45.1 cm³/mol. The third-order valence-corrected chi connectivity index (χ3v) is 1.77. The number of rotatable bonds is 2. The van der Waals surface area contributed by atoms with Crippen molar-refractivity contribution >= 4 is 0 Å². The fraction of sp³-hybridized carbons (Fsp3) is 0.333. The summed E-state index contributed by atoms with van der Waals surface area (Å²) in [5.41, 5.74) is -1.11. The topological polar surface area (TPSA) is 45.9 Å². The quantitative estimate of drug-likeness (QED) is 0.761. The maximum Gasteiger partial charge on any atom is 0.416 e. The Bertz CT molecular complexity index is 395. The zero-order valence-electron chi connectivity index (χ0n) is 7.80. The molecule has 6 heteroatoms. The standard InChI is InChI=1S/C9H7F3N2O/c1-15-8-6(2-4-13)7(3-5-14-8)9(10,11)12/h3,5H,2H2,1H3. The van der Waals surface area contributed by atoms with Crippen LogP contribution in [-0.4, -0.2) is 12.1 Å². The molecule has 0 N–H and O–H groups in total. The van der Waals surface area contributed by atoms with E-state index in [1.165, 1.54) is 7.11 Å². The summed E-state index contributed by atoms with van der Waals surface area (Å²) in [4.78, 5) is 3.62. The molecule has 0 aliphatic rings. The second-order valence-electron chi connectivity index (χ2n) is 2.68. The number of nitriles is 1. The van der Waals surface area contributed by atoms with Crippen molar-refractivity contribution in [2.75, 3.05) is 7.11 Å². The van der Waals surface area contributed by atoms with Crippen molar-refractivity contribution in [1.29, 1.82) is 5.26 Å². The number of aromatic nitrogens is 1. The van der Waals surface area contributed by atoms with Crippen LogP contribution in [0, 0.1) is 11.3 Å². The van der Waals surface area contributed by atoms with Crippen molar-refractivity contribution in [2.45, 2.75) is 12.6 Å². The number of methoxy groups -OCH3 is 1. The van der Waals surface area contributed by atoms with Crippen LogP contribution < -0.4 is 4.74 Å². The van der Waals surface area contributed by atoms with Gasteiger partial charge in [-0.15, -0.1) is 0 Å². The van der Waals surface area contributed by atoms with Gasteiger partial charge >= 0.3 is 6.18 Å². The highest BCUT2D eigenvalue weighted by atomic mass is 19.4. The van der Waals surface area contributed by atoms with Crippen molar-refractivity contribution in [2.24, 2.45) is 0 Å². The molecule has 0 unspecified atom stereocenters. The number of alkyl halides is 3. The van der Waals surface area contributed by atoms with Crippen molar-refractivity contribution < 1.29 is 17.9 Å². The zero-order valence-corrected chi connectivity index (χ0v) is 7.80. The van der Waals surface area contributed by atoms with Crippen molar-refractivity contribution in [3.8, 4) is 11.9 Å². The van der Waals surface area contributed by atoms with Crippen LogP contribution >= 0.6 is 0 Å². The van der Waals surface area contributed by atoms with Crippen LogP contribution in [0.2, 0.25) is 0 Å². The molecule has 0 saturated heterocycles. The molecule has 1 heterocycles. The van der Waals surface area contributed by atoms with Crippen molar-refractivity contribution in [3.63, 3.8) is 0 Å². The van der Waals surface area contributed by atoms with E-state index in [-0.39, 0.29) is 17.9 Å². The minimum atomic E-state index is -4.50. The molecule has 0 amide bonds. The monoisotopic (exact) mass is 216 g/mol. The molecule has 0 aliphatic heterocycles. The smallest absolute Gasteiger partial charge is 0.416 e. The summed E-state index contributed by atoms with van der Waals surface area (Å²) in [5.74, 6) is -0.161. The molecule has 80 valence electrons. The summed E-state index contributed by atoms with van der Waals surface area (Å²) in [6, 6.07) is 2.48. The Morgan fingerprint density at radius 1 is 1.53 bits per heavy atom. The molecule has 0 aromatic carbocycles. The summed E-state index contributed by atoms with van der Waals surface area (Å²) in [7, 11) is 1.21. The van der Waals surface area contributed by atoms with Crippen LogP contribution in [0.5, 0.6) is 5.88 Å². The van der Waals surface area contributed by atoms with Crippen LogP contribution in [-0.2, 0) is 12.6 Å². The van der Waals surface area contributed by atoms with Gasteiger partial charge in [-0.05, 0) is 6.07 Å². The molecule has 15 heavy (non-hydrogen) atoms. The summed E-state index contributed by atoms with van der Waals surface area (Å²) in [5, 5.41) is 8.43. The lowest BCUT2D eigenvalue weighted by Crippen LogP contribution is -2.11. The van der Waals surface area contributed by atoms with E-state index in [2.05, 4.69) is 9.72 Å². The lowest BCUT2D eigenvalue weighted by Gasteiger charge is -2.12. The van der Waals surface area contributed by atoms with Crippen LogP contribution in [0.3, 0.4) is 0 Å². The van der Waals surface area contributed by atoms with Gasteiger partial charge in [0.1, 0.15) is 0 Å². The average molecular weight is 216 g/mol. The van der Waals surface area contributed by atoms with Crippen molar-refractivity contribution in [3.05, 3.63) is 23.4 Å². The summed E-state index contributed by atoms with van der Waals surface area (Å²) in [6.07, 6.45) is -3.88. The highest BCUT2D eigenvalue weighted by Crippen LogP contribution is 2.34. The van der Waals surface area contributed by atoms with Gasteiger partial charge in [-0.2, -0.15) is 18.4 Å². The van der Waals surface area contributed by atoms with Gasteiger partial charge in [-0.3, -0.25) is 0 Å². The first-order valence-corrected chi connectivity index (χ1v) is 3.96. The number of pyridine rings is 1. The first-order chi connectivity index (χ1) is 7.00. The number of nitrogens with zero attached hydrogens (tertiary/aromatic N) is 2. The van der Waals surface area contributed by atoms with Crippen LogP contribution in [0.25, 0.3) is 0 Å². The van der Waals surface area contributed by atoms with Gasteiger partial charge in [0.25, 0.3) is 0 Å². The number of ether oxygens (including phenoxy) is 1. The van der Waals surface area contributed by atoms with Gasteiger partial charge in [0, 0.05) is 11.8 Å². The summed E-state index contributed by atoms with van der Waals surface area (Å²) >= 11 is 0. The fourth-order valence-corrected chi connectivity index (χ4v) is 1.16. The minimum absolute atomic E-state index is 0.161. The van der Waals surface area contributed by atoms with E-state index in [4.69, 9.17) is 5.26 Å². The largest absolute Gasteiger partial charge is 0.481 e. The maximum absolute atomic E-state index is 12.5. The normalized spacial score (nSPS) is 10.9. The number of halogens is 3. The number of hydrogen-bond donors (Lipinski definition) is 0. The second-order valence-corrected chi connectivity index (χ2v) is 2.68. The molecule has 0 aliphatic carbocycles. The lowest BCUT2D eigenvalue weighted by atomic mass is 10.1. The fourth-order valence-electron chi connectivity index (χ4n) is 1.16. The maximum atomic E-state index is 12.5. The van der Waals surface area contributed by atoms with E-state index in [1.807, 2.05) is 0 Å². The van der Waals surface area contributed by atoms with Gasteiger partial charge in [-0.1, -0.05) is 0 Å². The van der Waals surface area contributed by atoms with Gasteiger partial charge in [-0.25, -0.2) is 4.98 Å². The highest BCUT2D eigenvalue weighted by molar-refractivity contribution is 5.38. The van der Waals surface area contributed by atoms with Crippen LogP contribution in [0.4, 0.5) is 13.2 Å². The zero-order chi connectivity index (χ0) is 11.5. The SMILES string of the molecule is COc1nccc(C(F)(F)F)c1CC#N. The Balaban J connectivity index is 3.33. The molecule has 0 atom stereocenters. The third kappa shape index (κ3) is 2.37. The lowest BCUT2D eigenvalue weighted by molar-refractivity contribution is -0.138. The average Bonchev–Trinajstić information content (AvgIpc) is 2.17. The highest BCUT2D eigenvalue weighted by Gasteiger charge is 2.34. The first-order valence-electron chi connectivity index (χ1n) is 3.96. The predicted octanol–water partition coefficient (Wildman–Crippen LogP) is 2.18. The summed E-state index contributed by atoms with van der Waals surface area (Å²) in [6.45, 7) is 0. The van der Waals surface area contributed by atoms with Gasteiger partial charge in [0.05, 0.1) is 25.2 Å². The van der Waals surface area contributed by atoms with Gasteiger partial charge in [0.15, 0.2) is 0 Å². The van der Waals surface area contributed by atoms with E-state index in [1.54, 1.807) is 6.07 Å². The summed E-state index contributed by atoms with van der Waals surface area (Å²) < 4.78 is 42.2. The van der Waals surface area contributed by atoms with Crippen molar-refractivity contribution in [1.82, 2.24) is 4.98 Å². The molecule has 1 aromatic heterocycles. The molecule has 0 spiro atoms. The van der Waals surface area contributed by atoms with Crippen LogP contribution in [0.1, 0.15) is 11.1 Å². The molecule has 0 radical (unpaired) electrons. The van der Waals surface area contributed by atoms with E-state index < -0.39 is 11.7 Å². The van der Waals surface area contributed by atoms with E-state index in [0.717, 1.165) is 12.3 Å². The molecule has 3 nitrogen and oxygen atoms in total. The van der Waals surface area contributed by atoms with E-state index >= 15 is 0 Å². The Labute approximate surface area is 84.1 Å². The third-order valence-electron chi connectivity index (χ3n) is 1.77. The van der Waals surface area contributed by atoms with Crippen LogP contribution in [0.15, 0.2) is 12.3 Å². The molecular formula is C9H7F3N2O. The Kier molecular flexibility index (Phi) is 3.14. The Hall–Kier alpha value is -1.77. The van der Waals surface area contributed by atoms with E-state index in [0.29, 0.717) is 0 Å². The van der Waals surface area contributed by atoms with E-state index in [9.17, 15) is 13.2 Å². The first kappa shape index (κ1) is 11.3. The Morgan fingerprint density at radius 3 is 2.67 bits per heavy atom.